The molecule has 0 fully saturated rings. The zero-order valence-electron chi connectivity index (χ0n) is 9.43. The minimum absolute atomic E-state index is 0.0951. The zero-order valence-corrected chi connectivity index (χ0v) is 9.43. The number of terminal acetylenes is 1. The first-order valence-corrected chi connectivity index (χ1v) is 5.00. The molecule has 0 rings (SSSR count). The number of hydrogen-bond acceptors (Lipinski definition) is 3. The SMILES string of the molecule is C#CCC(NC(=O)N(CC=C)CCO)C(=O)O. The van der Waals surface area contributed by atoms with Crippen molar-refractivity contribution in [3.05, 3.63) is 12.7 Å². The summed E-state index contributed by atoms with van der Waals surface area (Å²) in [5.74, 6) is 0.978. The van der Waals surface area contributed by atoms with Crippen molar-refractivity contribution >= 4 is 12.0 Å². The van der Waals surface area contributed by atoms with Gasteiger partial charge in [0.1, 0.15) is 6.04 Å². The molecule has 1 atom stereocenters. The maximum Gasteiger partial charge on any atom is 0.327 e. The lowest BCUT2D eigenvalue weighted by Crippen LogP contribution is -2.48. The third-order valence-corrected chi connectivity index (χ3v) is 1.92. The summed E-state index contributed by atoms with van der Waals surface area (Å²) in [4.78, 5) is 23.6. The fourth-order valence-electron chi connectivity index (χ4n) is 1.11. The molecule has 2 amide bonds. The number of carbonyl (C=O) groups excluding carboxylic acids is 1. The summed E-state index contributed by atoms with van der Waals surface area (Å²) in [5, 5.41) is 19.8. The summed E-state index contributed by atoms with van der Waals surface area (Å²) in [6, 6.07) is -1.72. The Morgan fingerprint density at radius 2 is 2.24 bits per heavy atom. The molecule has 0 aliphatic carbocycles. The maximum absolute atomic E-state index is 11.6. The zero-order chi connectivity index (χ0) is 13.3. The molecule has 6 nitrogen and oxygen atoms in total. The molecule has 3 N–H and O–H groups in total. The van der Waals surface area contributed by atoms with E-state index in [-0.39, 0.29) is 26.1 Å². The molecule has 0 saturated heterocycles. The van der Waals surface area contributed by atoms with Crippen LogP contribution in [-0.4, -0.2) is 52.9 Å². The van der Waals surface area contributed by atoms with Gasteiger partial charge in [-0.05, 0) is 0 Å². The Hall–Kier alpha value is -2.00. The summed E-state index contributed by atoms with van der Waals surface area (Å²) < 4.78 is 0. The highest BCUT2D eigenvalue weighted by Gasteiger charge is 2.21. The molecule has 6 heteroatoms. The van der Waals surface area contributed by atoms with E-state index in [1.165, 1.54) is 11.0 Å². The number of aliphatic carboxylic acids is 1. The number of carbonyl (C=O) groups is 2. The van der Waals surface area contributed by atoms with Crippen molar-refractivity contribution < 1.29 is 19.8 Å². The Balaban J connectivity index is 4.50. The van der Waals surface area contributed by atoms with Crippen molar-refractivity contribution in [2.75, 3.05) is 19.7 Å². The first-order chi connectivity index (χ1) is 8.06. The van der Waals surface area contributed by atoms with Crippen LogP contribution < -0.4 is 5.32 Å². The van der Waals surface area contributed by atoms with Gasteiger partial charge in [-0.2, -0.15) is 0 Å². The molecule has 0 aromatic carbocycles. The normalized spacial score (nSPS) is 11.1. The van der Waals surface area contributed by atoms with Crippen LogP contribution in [0.2, 0.25) is 0 Å². The van der Waals surface area contributed by atoms with Crippen LogP contribution in [0.3, 0.4) is 0 Å². The number of nitrogens with one attached hydrogen (secondary N) is 1. The highest BCUT2D eigenvalue weighted by molar-refractivity contribution is 5.82. The van der Waals surface area contributed by atoms with E-state index >= 15 is 0 Å². The molecule has 0 bridgehead atoms. The molecule has 17 heavy (non-hydrogen) atoms. The molecular formula is C11H16N2O4. The Labute approximate surface area is 99.9 Å². The quantitative estimate of drug-likeness (QED) is 0.419. The average molecular weight is 240 g/mol. The van der Waals surface area contributed by atoms with E-state index in [0.717, 1.165) is 0 Å². The number of amides is 2. The van der Waals surface area contributed by atoms with Gasteiger partial charge in [0.15, 0.2) is 0 Å². The number of carboxylic acid groups (broad SMARTS) is 1. The largest absolute Gasteiger partial charge is 0.480 e. The predicted octanol–water partition coefficient (Wildman–Crippen LogP) is -0.347. The maximum atomic E-state index is 11.6. The molecule has 0 aromatic rings. The van der Waals surface area contributed by atoms with E-state index < -0.39 is 18.0 Å². The van der Waals surface area contributed by atoms with Gasteiger partial charge < -0.3 is 20.4 Å². The van der Waals surface area contributed by atoms with E-state index in [9.17, 15) is 9.59 Å². The Morgan fingerprint density at radius 3 is 2.65 bits per heavy atom. The summed E-state index contributed by atoms with van der Waals surface area (Å²) >= 11 is 0. The van der Waals surface area contributed by atoms with E-state index in [2.05, 4.69) is 17.8 Å². The van der Waals surface area contributed by atoms with E-state index in [1.54, 1.807) is 0 Å². The predicted molar refractivity (Wildman–Crippen MR) is 62.3 cm³/mol. The highest BCUT2D eigenvalue weighted by Crippen LogP contribution is 1.96. The molecule has 1 unspecified atom stereocenters. The fourth-order valence-corrected chi connectivity index (χ4v) is 1.11. The van der Waals surface area contributed by atoms with Gasteiger partial charge in [-0.15, -0.1) is 18.9 Å². The van der Waals surface area contributed by atoms with Crippen molar-refractivity contribution in [1.82, 2.24) is 10.2 Å². The van der Waals surface area contributed by atoms with Crippen LogP contribution in [0, 0.1) is 12.3 Å². The van der Waals surface area contributed by atoms with Crippen LogP contribution >= 0.6 is 0 Å². The van der Waals surface area contributed by atoms with Gasteiger partial charge in [0, 0.05) is 19.5 Å². The minimum Gasteiger partial charge on any atom is -0.480 e. The summed E-state index contributed by atoms with van der Waals surface area (Å²) in [6.45, 7) is 3.56. The number of aliphatic hydroxyl groups is 1. The third-order valence-electron chi connectivity index (χ3n) is 1.92. The molecule has 0 spiro atoms. The Bertz CT molecular complexity index is 322. The first-order valence-electron chi connectivity index (χ1n) is 5.00. The van der Waals surface area contributed by atoms with Crippen molar-refractivity contribution in [3.8, 4) is 12.3 Å². The monoisotopic (exact) mass is 240 g/mol. The lowest BCUT2D eigenvalue weighted by atomic mass is 10.2. The van der Waals surface area contributed by atoms with Gasteiger partial charge >= 0.3 is 12.0 Å². The first kappa shape index (κ1) is 15.0. The molecule has 0 saturated carbocycles. The van der Waals surface area contributed by atoms with Gasteiger partial charge in [0.2, 0.25) is 0 Å². The smallest absolute Gasteiger partial charge is 0.327 e. The topological polar surface area (TPSA) is 89.9 Å². The van der Waals surface area contributed by atoms with Crippen LogP contribution in [-0.2, 0) is 4.79 Å². The van der Waals surface area contributed by atoms with Gasteiger partial charge in [-0.25, -0.2) is 9.59 Å². The molecule has 0 aliphatic rings. The molecule has 0 aliphatic heterocycles. The van der Waals surface area contributed by atoms with Gasteiger partial charge in [0.25, 0.3) is 0 Å². The van der Waals surface area contributed by atoms with Crippen LogP contribution in [0.25, 0.3) is 0 Å². The number of urea groups is 1. The van der Waals surface area contributed by atoms with Crippen LogP contribution in [0.4, 0.5) is 4.79 Å². The fraction of sp³-hybridized carbons (Fsp3) is 0.455. The minimum atomic E-state index is -1.20. The van der Waals surface area contributed by atoms with E-state index in [4.69, 9.17) is 16.6 Å². The van der Waals surface area contributed by atoms with Crippen molar-refractivity contribution in [1.29, 1.82) is 0 Å². The van der Waals surface area contributed by atoms with E-state index in [1.807, 2.05) is 0 Å². The molecule has 0 radical (unpaired) electrons. The van der Waals surface area contributed by atoms with Crippen LogP contribution in [0.15, 0.2) is 12.7 Å². The number of hydrogen-bond donors (Lipinski definition) is 3. The Kier molecular flexibility index (Phi) is 7.22. The second-order valence-electron chi connectivity index (χ2n) is 3.21. The molecule has 0 aromatic heterocycles. The average Bonchev–Trinajstić information content (AvgIpc) is 2.28. The van der Waals surface area contributed by atoms with E-state index in [0.29, 0.717) is 0 Å². The Morgan fingerprint density at radius 1 is 1.59 bits per heavy atom. The summed E-state index contributed by atoms with van der Waals surface area (Å²) in [5.41, 5.74) is 0. The number of carboxylic acids is 1. The highest BCUT2D eigenvalue weighted by atomic mass is 16.4. The lowest BCUT2D eigenvalue weighted by molar-refractivity contribution is -0.139. The number of rotatable bonds is 7. The van der Waals surface area contributed by atoms with Crippen molar-refractivity contribution in [2.24, 2.45) is 0 Å². The molecule has 0 heterocycles. The molecule has 94 valence electrons. The van der Waals surface area contributed by atoms with Crippen molar-refractivity contribution in [2.45, 2.75) is 12.5 Å². The van der Waals surface area contributed by atoms with Gasteiger partial charge in [-0.1, -0.05) is 6.08 Å². The standard InChI is InChI=1S/C11H16N2O4/c1-3-5-9(10(15)16)12-11(17)13(6-4-2)7-8-14/h1,4,9,14H,2,5-8H2,(H,12,17)(H,15,16). The molecular weight excluding hydrogens is 224 g/mol. The lowest BCUT2D eigenvalue weighted by Gasteiger charge is -2.22. The number of nitrogens with zero attached hydrogens (tertiary/aromatic N) is 1. The second-order valence-corrected chi connectivity index (χ2v) is 3.21. The van der Waals surface area contributed by atoms with Crippen LogP contribution in [0.1, 0.15) is 6.42 Å². The second kappa shape index (κ2) is 8.19. The van der Waals surface area contributed by atoms with Gasteiger partial charge in [0.05, 0.1) is 6.61 Å². The van der Waals surface area contributed by atoms with Gasteiger partial charge in [-0.3, -0.25) is 0 Å². The van der Waals surface area contributed by atoms with Crippen LogP contribution in [0.5, 0.6) is 0 Å². The third kappa shape index (κ3) is 5.58. The van der Waals surface area contributed by atoms with Crippen molar-refractivity contribution in [3.63, 3.8) is 0 Å². The number of aliphatic hydroxyl groups excluding tert-OH is 1. The summed E-state index contributed by atoms with van der Waals surface area (Å²) in [6.07, 6.45) is 6.39. The summed E-state index contributed by atoms with van der Waals surface area (Å²) in [7, 11) is 0.